The second-order valence-corrected chi connectivity index (χ2v) is 5.17. The zero-order chi connectivity index (χ0) is 14.9. The lowest BCUT2D eigenvalue weighted by Crippen LogP contribution is -2.00. The van der Waals surface area contributed by atoms with Crippen molar-refractivity contribution < 1.29 is 14.6 Å². The highest BCUT2D eigenvalue weighted by Crippen LogP contribution is 2.36. The van der Waals surface area contributed by atoms with Crippen LogP contribution in [0.4, 0.5) is 0 Å². The molecule has 0 bridgehead atoms. The Balaban J connectivity index is 2.35. The number of carboxylic acid groups (broad SMARTS) is 1. The fourth-order valence-corrected chi connectivity index (χ4v) is 2.05. The third-order valence-electron chi connectivity index (χ3n) is 2.46. The molecule has 2 aromatic rings. The average Bonchev–Trinajstić information content (AvgIpc) is 2.37. The number of aromatic carboxylic acids is 1. The first-order chi connectivity index (χ1) is 9.38. The number of pyridine rings is 1. The van der Waals surface area contributed by atoms with Gasteiger partial charge in [-0.25, -0.2) is 9.78 Å². The molecule has 1 heterocycles. The van der Waals surface area contributed by atoms with Crippen LogP contribution in [0.5, 0.6) is 11.6 Å². The minimum absolute atomic E-state index is 0.0788. The van der Waals surface area contributed by atoms with Gasteiger partial charge in [0.2, 0.25) is 5.88 Å². The lowest BCUT2D eigenvalue weighted by Gasteiger charge is -2.10. The largest absolute Gasteiger partial charge is 0.478 e. The molecule has 0 aliphatic heterocycles. The van der Waals surface area contributed by atoms with Gasteiger partial charge in [0.25, 0.3) is 0 Å². The van der Waals surface area contributed by atoms with Gasteiger partial charge in [-0.3, -0.25) is 0 Å². The van der Waals surface area contributed by atoms with Crippen molar-refractivity contribution in [2.45, 2.75) is 6.92 Å². The van der Waals surface area contributed by atoms with Crippen LogP contribution in [-0.2, 0) is 0 Å². The number of benzene rings is 1. The summed E-state index contributed by atoms with van der Waals surface area (Å²) in [6.45, 7) is 1.68. The van der Waals surface area contributed by atoms with Gasteiger partial charge in [0.05, 0.1) is 20.6 Å². The van der Waals surface area contributed by atoms with Crippen LogP contribution < -0.4 is 4.74 Å². The normalized spacial score (nSPS) is 10.4. The topological polar surface area (TPSA) is 59.4 Å². The van der Waals surface area contributed by atoms with Crippen LogP contribution in [0, 0.1) is 6.92 Å². The molecule has 0 amide bonds. The molecular formula is C13H8Cl3NO3. The van der Waals surface area contributed by atoms with Gasteiger partial charge in [-0.05, 0) is 19.1 Å². The molecule has 1 aromatic carbocycles. The van der Waals surface area contributed by atoms with Gasteiger partial charge in [-0.15, -0.1) is 0 Å². The molecule has 4 nitrogen and oxygen atoms in total. The molecule has 0 saturated carbocycles. The third-order valence-corrected chi connectivity index (χ3v) is 3.48. The Morgan fingerprint density at radius 3 is 2.40 bits per heavy atom. The maximum atomic E-state index is 10.8. The number of ether oxygens (including phenoxy) is 1. The lowest BCUT2D eigenvalue weighted by atomic mass is 10.2. The second-order valence-electron chi connectivity index (χ2n) is 3.95. The molecule has 7 heteroatoms. The maximum Gasteiger partial charge on any atom is 0.337 e. The van der Waals surface area contributed by atoms with Crippen molar-refractivity contribution in [3.05, 3.63) is 50.6 Å². The molecule has 0 atom stereocenters. The van der Waals surface area contributed by atoms with Gasteiger partial charge in [0, 0.05) is 17.8 Å². The Morgan fingerprint density at radius 2 is 1.80 bits per heavy atom. The Bertz CT molecular complexity index is 689. The first-order valence-corrected chi connectivity index (χ1v) is 6.54. The number of nitrogens with zero attached hydrogens (tertiary/aromatic N) is 1. The molecule has 0 aliphatic carbocycles. The van der Waals surface area contributed by atoms with Crippen molar-refractivity contribution in [2.24, 2.45) is 0 Å². The van der Waals surface area contributed by atoms with Gasteiger partial charge in [-0.2, -0.15) is 0 Å². The molecule has 0 spiro atoms. The Kier molecular flexibility index (Phi) is 4.38. The fraction of sp³-hybridized carbons (Fsp3) is 0.0769. The van der Waals surface area contributed by atoms with E-state index in [1.807, 2.05) is 0 Å². The molecule has 0 unspecified atom stereocenters. The van der Waals surface area contributed by atoms with Crippen molar-refractivity contribution in [1.82, 2.24) is 4.98 Å². The molecule has 1 aromatic heterocycles. The summed E-state index contributed by atoms with van der Waals surface area (Å²) in [7, 11) is 0. The van der Waals surface area contributed by atoms with Gasteiger partial charge >= 0.3 is 5.97 Å². The molecule has 0 fully saturated rings. The maximum absolute atomic E-state index is 10.8. The van der Waals surface area contributed by atoms with Crippen molar-refractivity contribution in [1.29, 1.82) is 0 Å². The monoisotopic (exact) mass is 331 g/mol. The highest BCUT2D eigenvalue weighted by Gasteiger charge is 2.12. The highest BCUT2D eigenvalue weighted by atomic mass is 35.5. The second kappa shape index (κ2) is 5.87. The van der Waals surface area contributed by atoms with E-state index >= 15 is 0 Å². The van der Waals surface area contributed by atoms with Crippen molar-refractivity contribution in [3.8, 4) is 11.6 Å². The standard InChI is InChI=1S/C13H8Cl3NO3/c1-6-2-7(13(18)19)5-17-12(6)20-11-4-9(15)8(14)3-10(11)16/h2-5H,1H3,(H,18,19). The summed E-state index contributed by atoms with van der Waals surface area (Å²) in [5.74, 6) is -0.519. The van der Waals surface area contributed by atoms with Crippen LogP contribution >= 0.6 is 34.8 Å². The van der Waals surface area contributed by atoms with Crippen LogP contribution in [0.15, 0.2) is 24.4 Å². The summed E-state index contributed by atoms with van der Waals surface area (Å²) in [6.07, 6.45) is 1.20. The summed E-state index contributed by atoms with van der Waals surface area (Å²) < 4.78 is 5.53. The van der Waals surface area contributed by atoms with E-state index < -0.39 is 5.97 Å². The van der Waals surface area contributed by atoms with Gasteiger partial charge in [0.1, 0.15) is 5.75 Å². The van der Waals surface area contributed by atoms with E-state index in [2.05, 4.69) is 4.98 Å². The van der Waals surface area contributed by atoms with E-state index in [0.717, 1.165) is 0 Å². The number of hydrogen-bond acceptors (Lipinski definition) is 3. The molecule has 104 valence electrons. The summed E-state index contributed by atoms with van der Waals surface area (Å²) in [5, 5.41) is 9.76. The quantitative estimate of drug-likeness (QED) is 0.817. The van der Waals surface area contributed by atoms with E-state index in [-0.39, 0.29) is 16.5 Å². The Morgan fingerprint density at radius 1 is 1.15 bits per heavy atom. The smallest absolute Gasteiger partial charge is 0.337 e. The number of halogens is 3. The van der Waals surface area contributed by atoms with Crippen LogP contribution in [0.1, 0.15) is 15.9 Å². The van der Waals surface area contributed by atoms with Crippen molar-refractivity contribution in [3.63, 3.8) is 0 Å². The van der Waals surface area contributed by atoms with Crippen LogP contribution in [0.25, 0.3) is 0 Å². The van der Waals surface area contributed by atoms with E-state index in [1.54, 1.807) is 6.92 Å². The molecule has 0 saturated heterocycles. The molecular weight excluding hydrogens is 325 g/mol. The predicted octanol–water partition coefficient (Wildman–Crippen LogP) is 4.84. The zero-order valence-corrected chi connectivity index (χ0v) is 12.4. The number of carboxylic acids is 1. The Labute approximate surface area is 129 Å². The predicted molar refractivity (Wildman–Crippen MR) is 77.5 cm³/mol. The highest BCUT2D eigenvalue weighted by molar-refractivity contribution is 6.43. The third kappa shape index (κ3) is 3.15. The average molecular weight is 333 g/mol. The van der Waals surface area contributed by atoms with E-state index in [0.29, 0.717) is 21.4 Å². The number of aromatic nitrogens is 1. The summed E-state index contributed by atoms with van der Waals surface area (Å²) in [6, 6.07) is 4.39. The molecule has 1 N–H and O–H groups in total. The number of hydrogen-bond donors (Lipinski definition) is 1. The molecule has 20 heavy (non-hydrogen) atoms. The summed E-state index contributed by atoms with van der Waals surface area (Å²) in [5.41, 5.74) is 0.641. The van der Waals surface area contributed by atoms with E-state index in [4.69, 9.17) is 44.6 Å². The first kappa shape index (κ1) is 14.9. The van der Waals surface area contributed by atoms with Crippen LogP contribution in [0.3, 0.4) is 0 Å². The fourth-order valence-electron chi connectivity index (χ4n) is 1.47. The van der Waals surface area contributed by atoms with E-state index in [1.165, 1.54) is 24.4 Å². The minimum Gasteiger partial charge on any atom is -0.478 e. The molecule has 0 radical (unpaired) electrons. The van der Waals surface area contributed by atoms with Gasteiger partial charge < -0.3 is 9.84 Å². The number of aryl methyl sites for hydroxylation is 1. The molecule has 2 rings (SSSR count). The van der Waals surface area contributed by atoms with E-state index in [9.17, 15) is 4.79 Å². The van der Waals surface area contributed by atoms with Gasteiger partial charge in [0.15, 0.2) is 0 Å². The van der Waals surface area contributed by atoms with Crippen molar-refractivity contribution >= 4 is 40.8 Å². The lowest BCUT2D eigenvalue weighted by molar-refractivity contribution is 0.0696. The summed E-state index contributed by atoms with van der Waals surface area (Å²) >= 11 is 17.7. The number of rotatable bonds is 3. The number of carbonyl (C=O) groups is 1. The SMILES string of the molecule is Cc1cc(C(=O)O)cnc1Oc1cc(Cl)c(Cl)cc1Cl. The first-order valence-electron chi connectivity index (χ1n) is 5.41. The minimum atomic E-state index is -1.06. The van der Waals surface area contributed by atoms with Crippen molar-refractivity contribution in [2.75, 3.05) is 0 Å². The Hall–Kier alpha value is -1.49. The van der Waals surface area contributed by atoms with Gasteiger partial charge in [-0.1, -0.05) is 34.8 Å². The van der Waals surface area contributed by atoms with Crippen LogP contribution in [0.2, 0.25) is 15.1 Å². The van der Waals surface area contributed by atoms with Crippen LogP contribution in [-0.4, -0.2) is 16.1 Å². The molecule has 0 aliphatic rings. The summed E-state index contributed by atoms with van der Waals surface area (Å²) in [4.78, 5) is 14.8. The zero-order valence-electron chi connectivity index (χ0n) is 10.2.